The van der Waals surface area contributed by atoms with E-state index in [1.165, 1.54) is 4.90 Å². The molecule has 1 aromatic rings. The van der Waals surface area contributed by atoms with Gasteiger partial charge in [0.1, 0.15) is 0 Å². The van der Waals surface area contributed by atoms with Gasteiger partial charge in [0, 0.05) is 6.54 Å². The van der Waals surface area contributed by atoms with E-state index in [4.69, 9.17) is 11.2 Å². The van der Waals surface area contributed by atoms with E-state index < -0.39 is 12.2 Å². The first-order chi connectivity index (χ1) is 9.17. The number of ether oxygens (including phenoxy) is 1. The summed E-state index contributed by atoms with van der Waals surface area (Å²) in [6, 6.07) is 9.68. The number of hydrogen-bond acceptors (Lipinski definition) is 2. The molecule has 0 bridgehead atoms. The molecule has 0 spiro atoms. The molecule has 0 aliphatic heterocycles. The number of amides is 1. The van der Waals surface area contributed by atoms with E-state index in [9.17, 15) is 4.79 Å². The standard InChI is InChI=1S/C16H17NO2/c1-4-6-12-17(16(18)19-14(3)5-2)13-15-10-8-7-9-11-15/h2,7-11,14H,12-13H2,1,3H3/t14-/m1/s1. The lowest BCUT2D eigenvalue weighted by atomic mass is 10.2. The van der Waals surface area contributed by atoms with E-state index in [0.29, 0.717) is 13.1 Å². The molecule has 0 unspecified atom stereocenters. The Morgan fingerprint density at radius 3 is 2.68 bits per heavy atom. The number of benzene rings is 1. The number of carbonyl (C=O) groups is 1. The van der Waals surface area contributed by atoms with Crippen LogP contribution in [0.15, 0.2) is 30.3 Å². The zero-order valence-corrected chi connectivity index (χ0v) is 11.2. The summed E-state index contributed by atoms with van der Waals surface area (Å²) in [7, 11) is 0. The van der Waals surface area contributed by atoms with Gasteiger partial charge in [-0.3, -0.25) is 4.90 Å². The van der Waals surface area contributed by atoms with Crippen LogP contribution in [-0.4, -0.2) is 23.6 Å². The molecule has 0 fully saturated rings. The summed E-state index contributed by atoms with van der Waals surface area (Å²) in [6.45, 7) is 4.16. The molecule has 0 aromatic heterocycles. The van der Waals surface area contributed by atoms with Crippen LogP contribution in [0.1, 0.15) is 19.4 Å². The summed E-state index contributed by atoms with van der Waals surface area (Å²) in [5.74, 6) is 8.00. The van der Waals surface area contributed by atoms with Gasteiger partial charge in [0.2, 0.25) is 0 Å². The maximum Gasteiger partial charge on any atom is 0.412 e. The summed E-state index contributed by atoms with van der Waals surface area (Å²) >= 11 is 0. The molecule has 1 amide bonds. The highest BCUT2D eigenvalue weighted by molar-refractivity contribution is 5.68. The van der Waals surface area contributed by atoms with Gasteiger partial charge in [-0.15, -0.1) is 12.3 Å². The topological polar surface area (TPSA) is 29.5 Å². The molecule has 98 valence electrons. The minimum Gasteiger partial charge on any atom is -0.433 e. The number of carbonyl (C=O) groups excluding carboxylic acids is 1. The van der Waals surface area contributed by atoms with Gasteiger partial charge in [0.15, 0.2) is 6.10 Å². The Morgan fingerprint density at radius 1 is 1.42 bits per heavy atom. The Kier molecular flexibility index (Phi) is 6.06. The Labute approximate surface area is 114 Å². The third-order valence-corrected chi connectivity index (χ3v) is 2.43. The van der Waals surface area contributed by atoms with Gasteiger partial charge in [-0.2, -0.15) is 0 Å². The molecule has 1 aromatic carbocycles. The molecule has 1 rings (SSSR count). The zero-order valence-electron chi connectivity index (χ0n) is 11.2. The van der Waals surface area contributed by atoms with Gasteiger partial charge in [-0.1, -0.05) is 42.2 Å². The lowest BCUT2D eigenvalue weighted by Crippen LogP contribution is -2.33. The molecule has 3 nitrogen and oxygen atoms in total. The maximum absolute atomic E-state index is 12.0. The van der Waals surface area contributed by atoms with E-state index in [1.54, 1.807) is 13.8 Å². The molecule has 0 saturated carbocycles. The molecule has 1 atom stereocenters. The highest BCUT2D eigenvalue weighted by Gasteiger charge is 2.16. The van der Waals surface area contributed by atoms with Crippen molar-refractivity contribution >= 4 is 6.09 Å². The number of rotatable bonds is 4. The predicted molar refractivity (Wildman–Crippen MR) is 75.1 cm³/mol. The van der Waals surface area contributed by atoms with Crippen LogP contribution in [0.2, 0.25) is 0 Å². The van der Waals surface area contributed by atoms with E-state index in [1.807, 2.05) is 30.3 Å². The fourth-order valence-electron chi connectivity index (χ4n) is 1.42. The van der Waals surface area contributed by atoms with Crippen LogP contribution in [0.25, 0.3) is 0 Å². The Morgan fingerprint density at radius 2 is 2.11 bits per heavy atom. The SMILES string of the molecule is C#C[C@@H](C)OC(=O)N(CC#CC)Cc1ccccc1. The fraction of sp³-hybridized carbons (Fsp3) is 0.312. The molecule has 0 heterocycles. The van der Waals surface area contributed by atoms with Gasteiger partial charge in [0.05, 0.1) is 6.54 Å². The van der Waals surface area contributed by atoms with Crippen LogP contribution in [0.5, 0.6) is 0 Å². The summed E-state index contributed by atoms with van der Waals surface area (Å²) in [6.07, 6.45) is 4.21. The van der Waals surface area contributed by atoms with Crippen molar-refractivity contribution in [2.75, 3.05) is 6.54 Å². The van der Waals surface area contributed by atoms with Gasteiger partial charge in [0.25, 0.3) is 0 Å². The van der Waals surface area contributed by atoms with Crippen molar-refractivity contribution in [3.05, 3.63) is 35.9 Å². The largest absolute Gasteiger partial charge is 0.433 e. The first-order valence-electron chi connectivity index (χ1n) is 6.02. The van der Waals surface area contributed by atoms with E-state index in [2.05, 4.69) is 17.8 Å². The second-order valence-corrected chi connectivity index (χ2v) is 3.96. The summed E-state index contributed by atoms with van der Waals surface area (Å²) in [4.78, 5) is 13.5. The monoisotopic (exact) mass is 255 g/mol. The number of hydrogen-bond donors (Lipinski definition) is 0. The molecule has 19 heavy (non-hydrogen) atoms. The molecular formula is C16H17NO2. The van der Waals surface area contributed by atoms with Gasteiger partial charge >= 0.3 is 6.09 Å². The van der Waals surface area contributed by atoms with Crippen molar-refractivity contribution in [3.63, 3.8) is 0 Å². The van der Waals surface area contributed by atoms with E-state index >= 15 is 0 Å². The van der Waals surface area contributed by atoms with Crippen LogP contribution in [0, 0.1) is 24.2 Å². The smallest absolute Gasteiger partial charge is 0.412 e. The molecule has 0 saturated heterocycles. The summed E-state index contributed by atoms with van der Waals surface area (Å²) in [5.41, 5.74) is 1.02. The first-order valence-corrected chi connectivity index (χ1v) is 6.02. The van der Waals surface area contributed by atoms with Gasteiger partial charge in [-0.05, 0) is 19.4 Å². The second kappa shape index (κ2) is 7.84. The summed E-state index contributed by atoms with van der Waals surface area (Å²) < 4.78 is 5.11. The van der Waals surface area contributed by atoms with Crippen LogP contribution >= 0.6 is 0 Å². The minimum atomic E-state index is -0.541. The number of terminal acetylenes is 1. The van der Waals surface area contributed by atoms with E-state index in [0.717, 1.165) is 5.56 Å². The molecule has 0 aliphatic rings. The Hall–Kier alpha value is -2.39. The minimum absolute atomic E-state index is 0.321. The Bertz CT molecular complexity index is 505. The lowest BCUT2D eigenvalue weighted by Gasteiger charge is -2.21. The highest BCUT2D eigenvalue weighted by Crippen LogP contribution is 2.06. The molecule has 0 radical (unpaired) electrons. The molecular weight excluding hydrogens is 238 g/mol. The highest BCUT2D eigenvalue weighted by atomic mass is 16.6. The van der Waals surface area contributed by atoms with Crippen molar-refractivity contribution in [2.24, 2.45) is 0 Å². The lowest BCUT2D eigenvalue weighted by molar-refractivity contribution is 0.0910. The molecule has 0 N–H and O–H groups in total. The average molecular weight is 255 g/mol. The normalized spacial score (nSPS) is 10.6. The number of nitrogens with zero attached hydrogens (tertiary/aromatic N) is 1. The molecule has 3 heteroatoms. The van der Waals surface area contributed by atoms with Crippen molar-refractivity contribution < 1.29 is 9.53 Å². The van der Waals surface area contributed by atoms with Crippen LogP contribution in [-0.2, 0) is 11.3 Å². The van der Waals surface area contributed by atoms with Crippen molar-refractivity contribution in [1.82, 2.24) is 4.90 Å². The van der Waals surface area contributed by atoms with E-state index in [-0.39, 0.29) is 0 Å². The summed E-state index contributed by atoms with van der Waals surface area (Å²) in [5, 5.41) is 0. The van der Waals surface area contributed by atoms with Crippen LogP contribution < -0.4 is 0 Å². The second-order valence-electron chi connectivity index (χ2n) is 3.96. The van der Waals surface area contributed by atoms with Crippen LogP contribution in [0.3, 0.4) is 0 Å². The first kappa shape index (κ1) is 14.7. The van der Waals surface area contributed by atoms with Crippen molar-refractivity contribution in [2.45, 2.75) is 26.5 Å². The maximum atomic E-state index is 12.0. The third-order valence-electron chi connectivity index (χ3n) is 2.43. The fourth-order valence-corrected chi connectivity index (χ4v) is 1.42. The van der Waals surface area contributed by atoms with Crippen molar-refractivity contribution in [3.8, 4) is 24.2 Å². The Balaban J connectivity index is 2.73. The quantitative estimate of drug-likeness (QED) is 0.774. The average Bonchev–Trinajstić information content (AvgIpc) is 2.44. The molecule has 0 aliphatic carbocycles. The predicted octanol–water partition coefficient (Wildman–Crippen LogP) is 2.67. The van der Waals surface area contributed by atoms with Crippen LogP contribution in [0.4, 0.5) is 4.79 Å². The third kappa shape index (κ3) is 5.19. The van der Waals surface area contributed by atoms with Gasteiger partial charge in [-0.25, -0.2) is 4.79 Å². The zero-order chi connectivity index (χ0) is 14.1. The van der Waals surface area contributed by atoms with Gasteiger partial charge < -0.3 is 4.74 Å². The van der Waals surface area contributed by atoms with Crippen molar-refractivity contribution in [1.29, 1.82) is 0 Å².